The third-order valence-corrected chi connectivity index (χ3v) is 4.72. The molecule has 1 aliphatic heterocycles. The third-order valence-electron chi connectivity index (χ3n) is 4.72. The zero-order valence-electron chi connectivity index (χ0n) is 13.9. The second kappa shape index (κ2) is 6.03. The van der Waals surface area contributed by atoms with Gasteiger partial charge < -0.3 is 21.5 Å². The van der Waals surface area contributed by atoms with Gasteiger partial charge in [0.1, 0.15) is 11.6 Å². The van der Waals surface area contributed by atoms with E-state index in [0.29, 0.717) is 48.5 Å². The van der Waals surface area contributed by atoms with Crippen LogP contribution in [-0.4, -0.2) is 38.1 Å². The van der Waals surface area contributed by atoms with Gasteiger partial charge in [-0.05, 0) is 30.5 Å². The molecule has 0 radical (unpaired) electrons. The molecule has 0 aliphatic carbocycles. The molecule has 0 saturated carbocycles. The molecular formula is C17H18FN7O. The van der Waals surface area contributed by atoms with Crippen molar-refractivity contribution in [3.63, 3.8) is 0 Å². The summed E-state index contributed by atoms with van der Waals surface area (Å²) in [6.07, 6.45) is 2.44. The van der Waals surface area contributed by atoms with Gasteiger partial charge in [0.05, 0.1) is 11.0 Å². The molecule has 0 unspecified atom stereocenters. The Morgan fingerprint density at radius 2 is 1.88 bits per heavy atom. The predicted octanol–water partition coefficient (Wildman–Crippen LogP) is 1.21. The normalized spacial score (nSPS) is 16.8. The van der Waals surface area contributed by atoms with Gasteiger partial charge >= 0.3 is 0 Å². The summed E-state index contributed by atoms with van der Waals surface area (Å²) in [6.45, 7) is 1.04. The Hall–Kier alpha value is -3.07. The molecule has 1 fully saturated rings. The number of nitrogens with two attached hydrogens (primary N) is 2. The highest BCUT2D eigenvalue weighted by molar-refractivity contribution is 5.85. The van der Waals surface area contributed by atoms with E-state index >= 15 is 0 Å². The highest BCUT2D eigenvalue weighted by Crippen LogP contribution is 2.34. The summed E-state index contributed by atoms with van der Waals surface area (Å²) in [5, 5.41) is 11.4. The Balaban J connectivity index is 1.57. The van der Waals surface area contributed by atoms with E-state index in [1.54, 1.807) is 18.3 Å². The van der Waals surface area contributed by atoms with Gasteiger partial charge in [-0.2, -0.15) is 15.0 Å². The molecule has 4 rings (SSSR count). The van der Waals surface area contributed by atoms with Crippen LogP contribution in [-0.2, 0) is 5.60 Å². The lowest BCUT2D eigenvalue weighted by Crippen LogP contribution is -2.43. The zero-order chi connectivity index (χ0) is 18.3. The quantitative estimate of drug-likeness (QED) is 0.626. The van der Waals surface area contributed by atoms with Gasteiger partial charge in [0, 0.05) is 19.3 Å². The second-order valence-corrected chi connectivity index (χ2v) is 6.40. The summed E-state index contributed by atoms with van der Waals surface area (Å²) in [7, 11) is 0. The summed E-state index contributed by atoms with van der Waals surface area (Å²) in [6, 6.07) is 6.10. The van der Waals surface area contributed by atoms with Crippen molar-refractivity contribution in [2.45, 2.75) is 18.4 Å². The smallest absolute Gasteiger partial charge is 0.227 e. The van der Waals surface area contributed by atoms with Crippen LogP contribution in [0.1, 0.15) is 18.4 Å². The Bertz CT molecular complexity index is 972. The van der Waals surface area contributed by atoms with Crippen LogP contribution in [0.2, 0.25) is 0 Å². The van der Waals surface area contributed by atoms with Crippen LogP contribution in [0.3, 0.4) is 0 Å². The molecular weight excluding hydrogens is 337 g/mol. The van der Waals surface area contributed by atoms with E-state index < -0.39 is 5.60 Å². The number of nitrogens with zero attached hydrogens (tertiary/aromatic N) is 5. The molecule has 3 heterocycles. The first-order chi connectivity index (χ1) is 12.4. The van der Waals surface area contributed by atoms with E-state index in [-0.39, 0.29) is 17.6 Å². The van der Waals surface area contributed by atoms with E-state index in [9.17, 15) is 9.50 Å². The van der Waals surface area contributed by atoms with Gasteiger partial charge in [0.2, 0.25) is 11.9 Å². The first kappa shape index (κ1) is 16.4. The average Bonchev–Trinajstić information content (AvgIpc) is 2.62. The Morgan fingerprint density at radius 3 is 2.62 bits per heavy atom. The van der Waals surface area contributed by atoms with Gasteiger partial charge in [0.25, 0.3) is 0 Å². The number of aliphatic hydroxyl groups is 1. The molecule has 1 aromatic carbocycles. The van der Waals surface area contributed by atoms with Crippen LogP contribution >= 0.6 is 0 Å². The second-order valence-electron chi connectivity index (χ2n) is 6.40. The number of nitrogen functional groups attached to an aromatic ring is 2. The van der Waals surface area contributed by atoms with Crippen LogP contribution in [0.25, 0.3) is 11.0 Å². The Morgan fingerprint density at radius 1 is 1.12 bits per heavy atom. The molecule has 0 amide bonds. The average molecular weight is 355 g/mol. The maximum atomic E-state index is 13.5. The number of hydrogen-bond acceptors (Lipinski definition) is 8. The van der Waals surface area contributed by atoms with E-state index in [0.717, 1.165) is 0 Å². The molecule has 2 aromatic heterocycles. The van der Waals surface area contributed by atoms with E-state index in [4.69, 9.17) is 11.5 Å². The first-order valence-electron chi connectivity index (χ1n) is 8.24. The highest BCUT2D eigenvalue weighted by Gasteiger charge is 2.35. The van der Waals surface area contributed by atoms with Crippen molar-refractivity contribution in [3.05, 3.63) is 41.8 Å². The Kier molecular flexibility index (Phi) is 3.80. The van der Waals surface area contributed by atoms with Gasteiger partial charge in [0.15, 0.2) is 5.65 Å². The van der Waals surface area contributed by atoms with Crippen molar-refractivity contribution in [2.75, 3.05) is 29.5 Å². The molecule has 0 bridgehead atoms. The molecule has 1 saturated heterocycles. The third kappa shape index (κ3) is 2.86. The molecule has 3 aromatic rings. The van der Waals surface area contributed by atoms with Crippen molar-refractivity contribution in [1.82, 2.24) is 19.9 Å². The standard InChI is InChI=1S/C17H18FN7O/c18-11-3-1-2-10(8-11)17(26)4-6-25(7-5-17)16-21-9-12-13(19)22-15(20)23-14(12)24-16/h1-3,8-9,26H,4-7H2,(H4,19,20,21,22,23,24). The molecule has 9 heteroatoms. The summed E-state index contributed by atoms with van der Waals surface area (Å²) < 4.78 is 13.5. The number of benzene rings is 1. The SMILES string of the molecule is Nc1nc(N)c2cnc(N3CCC(O)(c4cccc(F)c4)CC3)nc2n1. The molecule has 26 heavy (non-hydrogen) atoms. The van der Waals surface area contributed by atoms with Gasteiger partial charge in [-0.3, -0.25) is 0 Å². The van der Waals surface area contributed by atoms with Crippen LogP contribution in [0.5, 0.6) is 0 Å². The molecule has 5 N–H and O–H groups in total. The minimum absolute atomic E-state index is 0.0544. The number of piperidine rings is 1. The number of fused-ring (bicyclic) bond motifs is 1. The maximum absolute atomic E-state index is 13.5. The van der Waals surface area contributed by atoms with Crippen LogP contribution in [0.15, 0.2) is 30.5 Å². The fraction of sp³-hybridized carbons (Fsp3) is 0.294. The lowest BCUT2D eigenvalue weighted by atomic mass is 9.84. The molecule has 134 valence electrons. The van der Waals surface area contributed by atoms with E-state index in [2.05, 4.69) is 19.9 Å². The van der Waals surface area contributed by atoms with Gasteiger partial charge in [-0.1, -0.05) is 12.1 Å². The van der Waals surface area contributed by atoms with E-state index in [1.807, 2.05) is 4.90 Å². The van der Waals surface area contributed by atoms with Crippen LogP contribution < -0.4 is 16.4 Å². The lowest BCUT2D eigenvalue weighted by Gasteiger charge is -2.38. The topological polar surface area (TPSA) is 127 Å². The molecule has 8 nitrogen and oxygen atoms in total. The summed E-state index contributed by atoms with van der Waals surface area (Å²) in [4.78, 5) is 18.7. The molecule has 0 spiro atoms. The fourth-order valence-corrected chi connectivity index (χ4v) is 3.24. The maximum Gasteiger partial charge on any atom is 0.227 e. The monoisotopic (exact) mass is 355 g/mol. The van der Waals surface area contributed by atoms with E-state index in [1.165, 1.54) is 12.1 Å². The van der Waals surface area contributed by atoms with Crippen molar-refractivity contribution < 1.29 is 9.50 Å². The number of rotatable bonds is 2. The fourth-order valence-electron chi connectivity index (χ4n) is 3.24. The number of aromatic nitrogens is 4. The lowest BCUT2D eigenvalue weighted by molar-refractivity contribution is 0.0113. The number of hydrogen-bond donors (Lipinski definition) is 3. The first-order valence-corrected chi connectivity index (χ1v) is 8.24. The zero-order valence-corrected chi connectivity index (χ0v) is 13.9. The number of anilines is 3. The summed E-state index contributed by atoms with van der Waals surface area (Å²) >= 11 is 0. The van der Waals surface area contributed by atoms with Gasteiger partial charge in [-0.15, -0.1) is 0 Å². The minimum atomic E-state index is -1.06. The highest BCUT2D eigenvalue weighted by atomic mass is 19.1. The largest absolute Gasteiger partial charge is 0.385 e. The summed E-state index contributed by atoms with van der Waals surface area (Å²) in [5.74, 6) is 0.416. The van der Waals surface area contributed by atoms with Crippen molar-refractivity contribution in [3.8, 4) is 0 Å². The van der Waals surface area contributed by atoms with Crippen molar-refractivity contribution >= 4 is 28.7 Å². The van der Waals surface area contributed by atoms with Crippen molar-refractivity contribution in [1.29, 1.82) is 0 Å². The molecule has 0 atom stereocenters. The number of halogens is 1. The van der Waals surface area contributed by atoms with Gasteiger partial charge in [-0.25, -0.2) is 9.37 Å². The van der Waals surface area contributed by atoms with Crippen LogP contribution in [0, 0.1) is 5.82 Å². The van der Waals surface area contributed by atoms with Crippen molar-refractivity contribution in [2.24, 2.45) is 0 Å². The summed E-state index contributed by atoms with van der Waals surface area (Å²) in [5.41, 5.74) is 11.3. The minimum Gasteiger partial charge on any atom is -0.385 e. The van der Waals surface area contributed by atoms with Crippen LogP contribution in [0.4, 0.5) is 22.1 Å². The Labute approximate surface area is 148 Å². The predicted molar refractivity (Wildman–Crippen MR) is 95.7 cm³/mol. The molecule has 1 aliphatic rings.